The third kappa shape index (κ3) is 5.16. The van der Waals surface area contributed by atoms with Gasteiger partial charge in [-0.25, -0.2) is 8.78 Å². The number of nitrogens with zero attached hydrogens (tertiary/aromatic N) is 3. The number of carbonyl (C=O) groups excluding carboxylic acids is 3. The van der Waals surface area contributed by atoms with Crippen LogP contribution in [0.25, 0.3) is 0 Å². The zero-order valence-corrected chi connectivity index (χ0v) is 23.3. The summed E-state index contributed by atoms with van der Waals surface area (Å²) in [4.78, 5) is 60.1. The molecule has 0 radical (unpaired) electrons. The number of pyridine rings is 1. The number of nitrogens with one attached hydrogen (secondary N) is 1. The Morgan fingerprint density at radius 3 is 2.74 bits per heavy atom. The highest BCUT2D eigenvalue weighted by Gasteiger charge is 2.54. The highest BCUT2D eigenvalue weighted by molar-refractivity contribution is 5.99. The first-order valence-corrected chi connectivity index (χ1v) is 13.5. The van der Waals surface area contributed by atoms with Gasteiger partial charge in [0, 0.05) is 43.4 Å². The Balaban J connectivity index is 1.59. The number of hydrogen-bond donors (Lipinski definition) is 1. The number of oxime groups is 1. The molecule has 1 fully saturated rings. The standard InChI is InChI=1S/C28H30F2N4O8/c1-4-22(35)40-14-41-25-23-27(38)33-13-20(28(8-7-15(33)2)10-21(39-3)32-42-28)34(23)12-18(24(25)36)26(37)31-11-16-5-6-17(29)9-19(16)30/h5-6,9,12,15,20H,4,7-8,10-11,13-14H2,1-3H3,(H,31,37)/t15-,20+,28-/m0/s1. The van der Waals surface area contributed by atoms with Gasteiger partial charge in [0.2, 0.25) is 23.9 Å². The average molecular weight is 589 g/mol. The molecule has 14 heteroatoms. The lowest BCUT2D eigenvalue weighted by molar-refractivity contribution is -0.149. The zero-order valence-electron chi connectivity index (χ0n) is 23.3. The van der Waals surface area contributed by atoms with E-state index < -0.39 is 64.6 Å². The Labute approximate surface area is 239 Å². The molecule has 1 saturated heterocycles. The van der Waals surface area contributed by atoms with Crippen LogP contribution in [0, 0.1) is 11.6 Å². The van der Waals surface area contributed by atoms with Gasteiger partial charge in [0.1, 0.15) is 17.2 Å². The minimum atomic E-state index is -0.962. The quantitative estimate of drug-likeness (QED) is 0.385. The number of fused-ring (bicyclic) bond motifs is 5. The Hall–Kier alpha value is -4.49. The fraction of sp³-hybridized carbons (Fsp3) is 0.464. The maximum Gasteiger partial charge on any atom is 0.308 e. The lowest BCUT2D eigenvalue weighted by Crippen LogP contribution is -2.52. The maximum absolute atomic E-state index is 14.2. The van der Waals surface area contributed by atoms with E-state index >= 15 is 0 Å². The van der Waals surface area contributed by atoms with Crippen molar-refractivity contribution in [2.75, 3.05) is 20.4 Å². The van der Waals surface area contributed by atoms with Gasteiger partial charge in [-0.2, -0.15) is 0 Å². The highest BCUT2D eigenvalue weighted by atomic mass is 19.1. The van der Waals surface area contributed by atoms with Crippen LogP contribution in [0.1, 0.15) is 72.0 Å². The van der Waals surface area contributed by atoms with Crippen LogP contribution in [0.2, 0.25) is 0 Å². The van der Waals surface area contributed by atoms with Crippen LogP contribution in [-0.2, 0) is 25.7 Å². The molecular formula is C28H30F2N4O8. The fourth-order valence-electron chi connectivity index (χ4n) is 5.50. The molecule has 2 aromatic rings. The number of benzene rings is 1. The molecular weight excluding hydrogens is 558 g/mol. The Morgan fingerprint density at radius 1 is 1.26 bits per heavy atom. The lowest BCUT2D eigenvalue weighted by Gasteiger charge is -2.42. The number of amides is 2. The Bertz CT molecular complexity index is 1530. The van der Waals surface area contributed by atoms with Crippen LogP contribution in [0.15, 0.2) is 34.3 Å². The summed E-state index contributed by atoms with van der Waals surface area (Å²) in [5.74, 6) is -3.75. The van der Waals surface area contributed by atoms with E-state index in [9.17, 15) is 28.0 Å². The first-order chi connectivity index (χ1) is 20.1. The first kappa shape index (κ1) is 29.0. The third-order valence-corrected chi connectivity index (χ3v) is 7.91. The fourth-order valence-corrected chi connectivity index (χ4v) is 5.50. The number of rotatable bonds is 7. The van der Waals surface area contributed by atoms with E-state index in [-0.39, 0.29) is 43.2 Å². The molecule has 1 aromatic carbocycles. The average Bonchev–Trinajstić information content (AvgIpc) is 3.35. The van der Waals surface area contributed by atoms with Gasteiger partial charge in [0.05, 0.1) is 19.6 Å². The van der Waals surface area contributed by atoms with Crippen molar-refractivity contribution in [3.05, 3.63) is 63.1 Å². The van der Waals surface area contributed by atoms with E-state index in [0.717, 1.165) is 6.07 Å². The SMILES string of the molecule is CCC(=O)OCOc1c2n(cc(C(=O)NCc3ccc(F)cc3F)c1=O)[C@@H]1CN(C2=O)[C@@H](C)CC[C@]12CC(OC)=NO2. The van der Waals surface area contributed by atoms with E-state index in [1.165, 1.54) is 23.9 Å². The predicted octanol–water partition coefficient (Wildman–Crippen LogP) is 2.64. The van der Waals surface area contributed by atoms with Gasteiger partial charge < -0.3 is 33.8 Å². The molecule has 3 aliphatic rings. The molecule has 3 atom stereocenters. The monoisotopic (exact) mass is 588 g/mol. The van der Waals surface area contributed by atoms with Gasteiger partial charge in [-0.3, -0.25) is 19.2 Å². The molecule has 1 aromatic heterocycles. The molecule has 5 rings (SSSR count). The number of ether oxygens (including phenoxy) is 3. The molecule has 42 heavy (non-hydrogen) atoms. The first-order valence-electron chi connectivity index (χ1n) is 13.5. The van der Waals surface area contributed by atoms with Crippen molar-refractivity contribution in [1.29, 1.82) is 0 Å². The summed E-state index contributed by atoms with van der Waals surface area (Å²) in [6, 6.07) is 2.06. The van der Waals surface area contributed by atoms with Gasteiger partial charge in [-0.05, 0) is 25.8 Å². The van der Waals surface area contributed by atoms with E-state index in [2.05, 4.69) is 10.5 Å². The van der Waals surface area contributed by atoms with E-state index in [1.807, 2.05) is 6.92 Å². The number of esters is 1. The highest BCUT2D eigenvalue weighted by Crippen LogP contribution is 2.46. The minimum Gasteiger partial charge on any atom is -0.482 e. The Kier molecular flexibility index (Phi) is 7.89. The summed E-state index contributed by atoms with van der Waals surface area (Å²) in [5, 5.41) is 6.55. The number of carbonyl (C=O) groups is 3. The molecule has 2 bridgehead atoms. The predicted molar refractivity (Wildman–Crippen MR) is 142 cm³/mol. The van der Waals surface area contributed by atoms with Gasteiger partial charge in [0.15, 0.2) is 11.3 Å². The van der Waals surface area contributed by atoms with Gasteiger partial charge in [0.25, 0.3) is 11.8 Å². The molecule has 0 saturated carbocycles. The van der Waals surface area contributed by atoms with Crippen LogP contribution in [0.3, 0.4) is 0 Å². The largest absolute Gasteiger partial charge is 0.482 e. The third-order valence-electron chi connectivity index (χ3n) is 7.91. The number of aromatic nitrogens is 1. The molecule has 224 valence electrons. The normalized spacial score (nSPS) is 22.5. The molecule has 12 nitrogen and oxygen atoms in total. The molecule has 0 unspecified atom stereocenters. The molecule has 2 amide bonds. The van der Waals surface area contributed by atoms with Crippen LogP contribution in [0.4, 0.5) is 8.78 Å². The summed E-state index contributed by atoms with van der Waals surface area (Å²) >= 11 is 0. The van der Waals surface area contributed by atoms with Crippen molar-refractivity contribution in [2.45, 2.75) is 63.8 Å². The van der Waals surface area contributed by atoms with Gasteiger partial charge >= 0.3 is 5.97 Å². The van der Waals surface area contributed by atoms with E-state index in [4.69, 9.17) is 19.0 Å². The van der Waals surface area contributed by atoms with Crippen LogP contribution in [0.5, 0.6) is 5.75 Å². The summed E-state index contributed by atoms with van der Waals surface area (Å²) in [7, 11) is 1.47. The number of halogens is 2. The zero-order chi connectivity index (χ0) is 30.2. The summed E-state index contributed by atoms with van der Waals surface area (Å²) in [5.41, 5.74) is -2.43. The minimum absolute atomic E-state index is 0.00288. The van der Waals surface area contributed by atoms with Crippen molar-refractivity contribution in [1.82, 2.24) is 14.8 Å². The summed E-state index contributed by atoms with van der Waals surface area (Å²) in [6.45, 7) is 2.63. The second-order valence-electron chi connectivity index (χ2n) is 10.4. The van der Waals surface area contributed by atoms with Crippen LogP contribution < -0.4 is 15.5 Å². The number of hydrogen-bond acceptors (Lipinski definition) is 9. The summed E-state index contributed by atoms with van der Waals surface area (Å²) < 4.78 is 44.9. The molecule has 0 aliphatic carbocycles. The molecule has 4 heterocycles. The van der Waals surface area contributed by atoms with Crippen LogP contribution >= 0.6 is 0 Å². The molecule has 1 spiro atoms. The lowest BCUT2D eigenvalue weighted by atomic mass is 9.85. The van der Waals surface area contributed by atoms with Crippen molar-refractivity contribution in [2.24, 2.45) is 5.16 Å². The van der Waals surface area contributed by atoms with Crippen molar-refractivity contribution < 1.29 is 42.2 Å². The maximum atomic E-state index is 14.2. The van der Waals surface area contributed by atoms with Crippen molar-refractivity contribution >= 4 is 23.7 Å². The number of methoxy groups -OCH3 is 1. The van der Waals surface area contributed by atoms with Crippen LogP contribution in [-0.4, -0.2) is 65.2 Å². The second kappa shape index (κ2) is 11.4. The Morgan fingerprint density at radius 2 is 2.05 bits per heavy atom. The van der Waals surface area contributed by atoms with Gasteiger partial charge in [-0.15, -0.1) is 0 Å². The van der Waals surface area contributed by atoms with E-state index in [1.54, 1.807) is 11.8 Å². The molecule has 3 aliphatic heterocycles. The van der Waals surface area contributed by atoms with Crippen molar-refractivity contribution in [3.63, 3.8) is 0 Å². The second-order valence-corrected chi connectivity index (χ2v) is 10.4. The van der Waals surface area contributed by atoms with Gasteiger partial charge in [-0.1, -0.05) is 18.1 Å². The summed E-state index contributed by atoms with van der Waals surface area (Å²) in [6.07, 6.45) is 2.64. The topological polar surface area (TPSA) is 138 Å². The van der Waals surface area contributed by atoms with E-state index in [0.29, 0.717) is 24.8 Å². The molecule has 1 N–H and O–H groups in total. The smallest absolute Gasteiger partial charge is 0.308 e. The van der Waals surface area contributed by atoms with Crippen molar-refractivity contribution in [3.8, 4) is 5.75 Å².